The Labute approximate surface area is 105 Å². The van der Waals surface area contributed by atoms with Crippen LogP contribution in [0.3, 0.4) is 0 Å². The fraction of sp³-hybridized carbons (Fsp3) is 0.700. The second-order valence-corrected chi connectivity index (χ2v) is 4.55. The number of nitrogens with one attached hydrogen (secondary N) is 1. The molecule has 0 radical (unpaired) electrons. The van der Waals surface area contributed by atoms with Crippen molar-refractivity contribution >= 4 is 16.5 Å². The van der Waals surface area contributed by atoms with E-state index in [0.29, 0.717) is 25.6 Å². The molecule has 0 saturated carbocycles. The number of rotatable bonds is 8. The minimum Gasteiger partial charge on any atom is -0.480 e. The van der Waals surface area contributed by atoms with Crippen LogP contribution < -0.4 is 15.1 Å². The van der Waals surface area contributed by atoms with Gasteiger partial charge in [0.25, 0.3) is 0 Å². The summed E-state index contributed by atoms with van der Waals surface area (Å²) < 4.78 is 10.1. The zero-order valence-corrected chi connectivity index (χ0v) is 11.5. The lowest BCUT2D eigenvalue weighted by Gasteiger charge is -2.05. The number of aromatic nitrogens is 1. The number of ether oxygens (including phenoxy) is 2. The van der Waals surface area contributed by atoms with Gasteiger partial charge >= 0.3 is 0 Å². The van der Waals surface area contributed by atoms with E-state index in [1.807, 2.05) is 19.0 Å². The second-order valence-electron chi connectivity index (χ2n) is 3.49. The van der Waals surface area contributed by atoms with Crippen LogP contribution in [0.4, 0.5) is 5.13 Å². The van der Waals surface area contributed by atoms with Crippen molar-refractivity contribution < 1.29 is 14.3 Å². The fourth-order valence-electron chi connectivity index (χ4n) is 1.10. The first-order valence-corrected chi connectivity index (χ1v) is 6.05. The number of anilines is 1. The summed E-state index contributed by atoms with van der Waals surface area (Å²) in [5, 5.41) is 0.913. The number of hydroxylamine groups is 1. The fourth-order valence-corrected chi connectivity index (χ4v) is 1.98. The van der Waals surface area contributed by atoms with Gasteiger partial charge in [-0.1, -0.05) is 11.3 Å². The molecule has 1 N–H and O–H groups in total. The first kappa shape index (κ1) is 14.2. The molecule has 0 unspecified atom stereocenters. The van der Waals surface area contributed by atoms with Gasteiger partial charge in [0.2, 0.25) is 5.88 Å². The van der Waals surface area contributed by atoms with Gasteiger partial charge < -0.3 is 14.4 Å². The van der Waals surface area contributed by atoms with E-state index in [1.54, 1.807) is 25.6 Å². The molecule has 98 valence electrons. The highest BCUT2D eigenvalue weighted by atomic mass is 32.1. The molecule has 1 rings (SSSR count). The summed E-state index contributed by atoms with van der Waals surface area (Å²) in [5.74, 6) is 0.640. The smallest absolute Gasteiger partial charge is 0.230 e. The average Bonchev–Trinajstić information content (AvgIpc) is 2.72. The van der Waals surface area contributed by atoms with E-state index in [4.69, 9.17) is 14.3 Å². The predicted molar refractivity (Wildman–Crippen MR) is 67.7 cm³/mol. The summed E-state index contributed by atoms with van der Waals surface area (Å²) in [7, 11) is 7.15. The number of methoxy groups -OCH3 is 2. The van der Waals surface area contributed by atoms with Crippen molar-refractivity contribution in [3.05, 3.63) is 4.88 Å². The largest absolute Gasteiger partial charge is 0.480 e. The topological polar surface area (TPSA) is 55.9 Å². The van der Waals surface area contributed by atoms with E-state index < -0.39 is 0 Å². The lowest BCUT2D eigenvalue weighted by molar-refractivity contribution is 0.00361. The second kappa shape index (κ2) is 7.44. The Morgan fingerprint density at radius 2 is 2.06 bits per heavy atom. The molecule has 0 aliphatic rings. The van der Waals surface area contributed by atoms with Gasteiger partial charge in [-0.25, -0.2) is 0 Å². The van der Waals surface area contributed by atoms with Crippen LogP contribution in [0.5, 0.6) is 5.88 Å². The van der Waals surface area contributed by atoms with Crippen LogP contribution in [0.1, 0.15) is 4.88 Å². The van der Waals surface area contributed by atoms with E-state index in [0.717, 1.165) is 10.0 Å². The molecule has 0 spiro atoms. The highest BCUT2D eigenvalue weighted by Gasteiger charge is 2.12. The van der Waals surface area contributed by atoms with Gasteiger partial charge in [-0.15, -0.1) is 0 Å². The molecule has 0 amide bonds. The Kier molecular flexibility index (Phi) is 6.20. The lowest BCUT2D eigenvalue weighted by Crippen LogP contribution is -2.16. The number of thiazole rings is 1. The minimum atomic E-state index is 0.512. The SMILES string of the molecule is COCCONCc1sc(N(C)C)nc1OC. The third-order valence-electron chi connectivity index (χ3n) is 1.95. The van der Waals surface area contributed by atoms with E-state index >= 15 is 0 Å². The Morgan fingerprint density at radius 1 is 1.29 bits per heavy atom. The molecule has 1 heterocycles. The molecule has 0 aliphatic heterocycles. The van der Waals surface area contributed by atoms with E-state index in [1.165, 1.54) is 0 Å². The summed E-state index contributed by atoms with van der Waals surface area (Å²) >= 11 is 1.57. The molecule has 0 bridgehead atoms. The number of nitrogens with zero attached hydrogens (tertiary/aromatic N) is 2. The summed E-state index contributed by atoms with van der Waals surface area (Å²) in [4.78, 5) is 12.5. The van der Waals surface area contributed by atoms with Gasteiger partial charge in [0.1, 0.15) is 0 Å². The van der Waals surface area contributed by atoms with Gasteiger partial charge in [0, 0.05) is 21.2 Å². The molecule has 7 heteroatoms. The van der Waals surface area contributed by atoms with Crippen LogP contribution in [-0.2, 0) is 16.1 Å². The first-order chi connectivity index (χ1) is 8.19. The summed E-state index contributed by atoms with van der Waals surface area (Å²) in [6, 6.07) is 0. The predicted octanol–water partition coefficient (Wildman–Crippen LogP) is 0.885. The van der Waals surface area contributed by atoms with Crippen molar-refractivity contribution in [1.29, 1.82) is 0 Å². The van der Waals surface area contributed by atoms with Gasteiger partial charge in [-0.2, -0.15) is 10.5 Å². The first-order valence-electron chi connectivity index (χ1n) is 5.23. The van der Waals surface area contributed by atoms with Crippen LogP contribution in [-0.4, -0.2) is 46.5 Å². The van der Waals surface area contributed by atoms with Crippen molar-refractivity contribution in [1.82, 2.24) is 10.5 Å². The number of hydrogen-bond acceptors (Lipinski definition) is 7. The van der Waals surface area contributed by atoms with Crippen LogP contribution >= 0.6 is 11.3 Å². The quantitative estimate of drug-likeness (QED) is 0.554. The third-order valence-corrected chi connectivity index (χ3v) is 3.15. The normalized spacial score (nSPS) is 10.6. The molecule has 17 heavy (non-hydrogen) atoms. The molecule has 0 saturated heterocycles. The average molecular weight is 261 g/mol. The van der Waals surface area contributed by atoms with Crippen molar-refractivity contribution in [3.8, 4) is 5.88 Å². The van der Waals surface area contributed by atoms with E-state index in [2.05, 4.69) is 10.5 Å². The Bertz CT molecular complexity index is 331. The van der Waals surface area contributed by atoms with Gasteiger partial charge in [-0.05, 0) is 0 Å². The highest BCUT2D eigenvalue weighted by molar-refractivity contribution is 7.15. The van der Waals surface area contributed by atoms with Gasteiger partial charge in [0.15, 0.2) is 5.13 Å². The maximum atomic E-state index is 5.21. The van der Waals surface area contributed by atoms with Crippen LogP contribution in [0, 0.1) is 0 Å². The van der Waals surface area contributed by atoms with E-state index in [-0.39, 0.29) is 0 Å². The monoisotopic (exact) mass is 261 g/mol. The maximum Gasteiger partial charge on any atom is 0.230 e. The molecule has 1 aromatic rings. The summed E-state index contributed by atoms with van der Waals surface area (Å²) in [6.45, 7) is 1.65. The highest BCUT2D eigenvalue weighted by Crippen LogP contribution is 2.29. The van der Waals surface area contributed by atoms with Crippen LogP contribution in [0.25, 0.3) is 0 Å². The maximum absolute atomic E-state index is 5.21. The Balaban J connectivity index is 2.46. The molecule has 0 fully saturated rings. The summed E-state index contributed by atoms with van der Waals surface area (Å²) in [5.41, 5.74) is 2.86. The third kappa shape index (κ3) is 4.47. The molecule has 6 nitrogen and oxygen atoms in total. The van der Waals surface area contributed by atoms with Gasteiger partial charge in [-0.3, -0.25) is 4.84 Å². The van der Waals surface area contributed by atoms with Crippen LogP contribution in [0.2, 0.25) is 0 Å². The number of hydrogen-bond donors (Lipinski definition) is 1. The van der Waals surface area contributed by atoms with Crippen molar-refractivity contribution in [2.24, 2.45) is 0 Å². The molecular formula is C10H19N3O3S. The summed E-state index contributed by atoms with van der Waals surface area (Å²) in [6.07, 6.45) is 0. The molecule has 0 aromatic carbocycles. The molecule has 0 aliphatic carbocycles. The van der Waals surface area contributed by atoms with Gasteiger partial charge in [0.05, 0.1) is 31.7 Å². The minimum absolute atomic E-state index is 0.512. The van der Waals surface area contributed by atoms with Crippen molar-refractivity contribution in [2.45, 2.75) is 6.54 Å². The zero-order valence-electron chi connectivity index (χ0n) is 10.6. The zero-order chi connectivity index (χ0) is 12.7. The Hall–Kier alpha value is -0.890. The molecule has 0 atom stereocenters. The molecule has 1 aromatic heterocycles. The van der Waals surface area contributed by atoms with Crippen molar-refractivity contribution in [3.63, 3.8) is 0 Å². The van der Waals surface area contributed by atoms with E-state index in [9.17, 15) is 0 Å². The van der Waals surface area contributed by atoms with Crippen LogP contribution in [0.15, 0.2) is 0 Å². The lowest BCUT2D eigenvalue weighted by atomic mass is 10.5. The standard InChI is InChI=1S/C10H19N3O3S/c1-13(2)10-12-9(15-4)8(17-10)7-11-16-6-5-14-3/h11H,5-7H2,1-4H3. The molecular weight excluding hydrogens is 242 g/mol. The van der Waals surface area contributed by atoms with Crippen molar-refractivity contribution in [2.75, 3.05) is 46.4 Å². The Morgan fingerprint density at radius 3 is 2.65 bits per heavy atom.